The Morgan fingerprint density at radius 1 is 1.33 bits per heavy atom. The highest BCUT2D eigenvalue weighted by atomic mass is 79.9. The number of fused-ring (bicyclic) bond motifs is 3. The topological polar surface area (TPSA) is 68.3 Å². The van der Waals surface area contributed by atoms with Gasteiger partial charge in [-0.05, 0) is 38.0 Å². The largest absolute Gasteiger partial charge is 0.448 e. The Labute approximate surface area is 151 Å². The second-order valence-electron chi connectivity index (χ2n) is 7.26. The zero-order valence-electron chi connectivity index (χ0n) is 13.6. The summed E-state index contributed by atoms with van der Waals surface area (Å²) in [6.45, 7) is 5.78. The summed E-state index contributed by atoms with van der Waals surface area (Å²) in [5.74, 6) is -0.553. The van der Waals surface area contributed by atoms with E-state index in [9.17, 15) is 9.59 Å². The fourth-order valence-corrected chi connectivity index (χ4v) is 5.31. The molecule has 1 aromatic heterocycles. The van der Waals surface area contributed by atoms with Gasteiger partial charge in [0, 0.05) is 9.89 Å². The smallest absolute Gasteiger partial charge is 0.313 e. The van der Waals surface area contributed by atoms with Crippen molar-refractivity contribution in [1.82, 2.24) is 4.98 Å². The van der Waals surface area contributed by atoms with Gasteiger partial charge in [-0.25, -0.2) is 4.98 Å². The molecular weight excluding hydrogens is 392 g/mol. The first-order chi connectivity index (χ1) is 11.2. The number of esters is 1. The Balaban J connectivity index is 1.67. The average Bonchev–Trinajstić information content (AvgIpc) is 3.03. The number of hydrogen-bond acceptors (Lipinski definition) is 5. The van der Waals surface area contributed by atoms with Crippen LogP contribution in [0.15, 0.2) is 22.7 Å². The number of carbonyl (C=O) groups excluding carboxylic acids is 2. The molecule has 2 aromatic rings. The van der Waals surface area contributed by atoms with Crippen LogP contribution in [0.4, 0.5) is 5.13 Å². The SMILES string of the molecule is CC1(C)[C@@]2(C)CC[C@@]1(C(=O)Nc1nc3ccc(Br)cc3s1)OC2=O. The molecule has 2 bridgehead atoms. The molecule has 2 aliphatic rings. The summed E-state index contributed by atoms with van der Waals surface area (Å²) in [7, 11) is 0. The maximum Gasteiger partial charge on any atom is 0.313 e. The van der Waals surface area contributed by atoms with Gasteiger partial charge in [0.25, 0.3) is 5.91 Å². The molecule has 126 valence electrons. The number of amides is 1. The predicted molar refractivity (Wildman–Crippen MR) is 95.9 cm³/mol. The Morgan fingerprint density at radius 2 is 2.08 bits per heavy atom. The van der Waals surface area contributed by atoms with Gasteiger partial charge in [0.2, 0.25) is 0 Å². The van der Waals surface area contributed by atoms with Crippen LogP contribution in [0.25, 0.3) is 10.2 Å². The van der Waals surface area contributed by atoms with Crippen molar-refractivity contribution in [2.24, 2.45) is 10.8 Å². The summed E-state index contributed by atoms with van der Waals surface area (Å²) in [4.78, 5) is 29.8. The van der Waals surface area contributed by atoms with Crippen molar-refractivity contribution in [2.75, 3.05) is 5.32 Å². The Bertz CT molecular complexity index is 893. The molecular formula is C17H17BrN2O3S. The van der Waals surface area contributed by atoms with Crippen LogP contribution in [0.5, 0.6) is 0 Å². The van der Waals surface area contributed by atoms with E-state index in [0.29, 0.717) is 18.0 Å². The molecule has 2 fully saturated rings. The van der Waals surface area contributed by atoms with Gasteiger partial charge in [0.15, 0.2) is 10.7 Å². The van der Waals surface area contributed by atoms with E-state index in [1.54, 1.807) is 0 Å². The maximum atomic E-state index is 13.0. The number of carbonyl (C=O) groups is 2. The van der Waals surface area contributed by atoms with E-state index >= 15 is 0 Å². The highest BCUT2D eigenvalue weighted by Crippen LogP contribution is 2.65. The Hall–Kier alpha value is -1.47. The van der Waals surface area contributed by atoms with Gasteiger partial charge in [0.1, 0.15) is 0 Å². The second-order valence-corrected chi connectivity index (χ2v) is 9.21. The predicted octanol–water partition coefficient (Wildman–Crippen LogP) is 4.12. The van der Waals surface area contributed by atoms with Gasteiger partial charge < -0.3 is 4.74 Å². The van der Waals surface area contributed by atoms with Crippen molar-refractivity contribution < 1.29 is 14.3 Å². The first-order valence-electron chi connectivity index (χ1n) is 7.81. The number of aromatic nitrogens is 1. The summed E-state index contributed by atoms with van der Waals surface area (Å²) in [5, 5.41) is 3.40. The van der Waals surface area contributed by atoms with Gasteiger partial charge in [-0.2, -0.15) is 0 Å². The quantitative estimate of drug-likeness (QED) is 0.758. The van der Waals surface area contributed by atoms with Gasteiger partial charge in [-0.1, -0.05) is 41.1 Å². The highest BCUT2D eigenvalue weighted by Gasteiger charge is 2.75. The van der Waals surface area contributed by atoms with Gasteiger partial charge in [-0.15, -0.1) is 0 Å². The number of nitrogens with one attached hydrogen (secondary N) is 1. The minimum Gasteiger partial charge on any atom is -0.448 e. The van der Waals surface area contributed by atoms with Crippen molar-refractivity contribution in [3.8, 4) is 0 Å². The molecule has 1 saturated heterocycles. The third-order valence-electron chi connectivity index (χ3n) is 6.02. The molecule has 1 aliphatic carbocycles. The first kappa shape index (κ1) is 16.0. The number of ether oxygens (including phenoxy) is 1. The molecule has 1 aromatic carbocycles. The molecule has 0 unspecified atom stereocenters. The van der Waals surface area contributed by atoms with Crippen LogP contribution in [-0.4, -0.2) is 22.5 Å². The second kappa shape index (κ2) is 4.79. The summed E-state index contributed by atoms with van der Waals surface area (Å²) >= 11 is 4.84. The van der Waals surface area contributed by atoms with Crippen molar-refractivity contribution in [3.63, 3.8) is 0 Å². The van der Waals surface area contributed by atoms with Crippen LogP contribution in [-0.2, 0) is 14.3 Å². The fraction of sp³-hybridized carbons (Fsp3) is 0.471. The van der Waals surface area contributed by atoms with E-state index in [1.165, 1.54) is 11.3 Å². The molecule has 0 radical (unpaired) electrons. The molecule has 4 rings (SSSR count). The van der Waals surface area contributed by atoms with E-state index in [-0.39, 0.29) is 11.9 Å². The lowest BCUT2D eigenvalue weighted by atomic mass is 9.66. The van der Waals surface area contributed by atoms with Gasteiger partial charge in [0.05, 0.1) is 15.6 Å². The van der Waals surface area contributed by atoms with E-state index in [0.717, 1.165) is 14.7 Å². The summed E-state index contributed by atoms with van der Waals surface area (Å²) in [6.07, 6.45) is 1.21. The summed E-state index contributed by atoms with van der Waals surface area (Å²) in [5.41, 5.74) is -1.45. The molecule has 2 atom stereocenters. The number of benzene rings is 1. The van der Waals surface area contributed by atoms with E-state index < -0.39 is 16.4 Å². The molecule has 1 N–H and O–H groups in total. The van der Waals surface area contributed by atoms with Gasteiger partial charge >= 0.3 is 5.97 Å². The minimum atomic E-state index is -1.11. The average molecular weight is 409 g/mol. The number of hydrogen-bond donors (Lipinski definition) is 1. The highest BCUT2D eigenvalue weighted by molar-refractivity contribution is 9.10. The molecule has 7 heteroatoms. The Morgan fingerprint density at radius 3 is 2.71 bits per heavy atom. The van der Waals surface area contributed by atoms with Crippen LogP contribution < -0.4 is 5.32 Å². The molecule has 2 heterocycles. The van der Waals surface area contributed by atoms with E-state index in [4.69, 9.17) is 4.74 Å². The van der Waals surface area contributed by atoms with Crippen molar-refractivity contribution in [2.45, 2.75) is 39.2 Å². The van der Waals surface area contributed by atoms with E-state index in [2.05, 4.69) is 26.2 Å². The monoisotopic (exact) mass is 408 g/mol. The maximum absolute atomic E-state index is 13.0. The summed E-state index contributed by atoms with van der Waals surface area (Å²) < 4.78 is 7.56. The van der Waals surface area contributed by atoms with Crippen LogP contribution in [0.1, 0.15) is 33.6 Å². The van der Waals surface area contributed by atoms with Crippen LogP contribution >= 0.6 is 27.3 Å². The third-order valence-corrected chi connectivity index (χ3v) is 7.45. The van der Waals surface area contributed by atoms with Crippen LogP contribution in [0, 0.1) is 10.8 Å². The minimum absolute atomic E-state index is 0.276. The van der Waals surface area contributed by atoms with Crippen molar-refractivity contribution in [1.29, 1.82) is 0 Å². The van der Waals surface area contributed by atoms with Crippen molar-refractivity contribution in [3.05, 3.63) is 22.7 Å². The van der Waals surface area contributed by atoms with E-state index in [1.807, 2.05) is 39.0 Å². The lowest BCUT2D eigenvalue weighted by Gasteiger charge is -2.35. The number of rotatable bonds is 2. The van der Waals surface area contributed by atoms with Crippen LogP contribution in [0.3, 0.4) is 0 Å². The first-order valence-corrected chi connectivity index (χ1v) is 9.42. The Kier molecular flexibility index (Phi) is 3.20. The molecule has 1 aliphatic heterocycles. The number of anilines is 1. The summed E-state index contributed by atoms with van der Waals surface area (Å²) in [6, 6.07) is 5.78. The van der Waals surface area contributed by atoms with Crippen molar-refractivity contribution >= 4 is 54.5 Å². The van der Waals surface area contributed by atoms with Gasteiger partial charge in [-0.3, -0.25) is 14.9 Å². The zero-order valence-corrected chi connectivity index (χ0v) is 16.0. The molecule has 0 spiro atoms. The molecule has 1 amide bonds. The fourth-order valence-electron chi connectivity index (χ4n) is 3.90. The third kappa shape index (κ3) is 1.82. The number of nitrogens with zero attached hydrogens (tertiary/aromatic N) is 1. The zero-order chi connectivity index (χ0) is 17.3. The molecule has 24 heavy (non-hydrogen) atoms. The molecule has 1 saturated carbocycles. The lowest BCUT2D eigenvalue weighted by molar-refractivity contribution is -0.165. The number of thiazole rings is 1. The van der Waals surface area contributed by atoms with Crippen LogP contribution in [0.2, 0.25) is 0 Å². The lowest BCUT2D eigenvalue weighted by Crippen LogP contribution is -2.50. The number of halogens is 1. The molecule has 5 nitrogen and oxygen atoms in total. The standard InChI is InChI=1S/C17H17BrN2O3S/c1-15(2)16(3)6-7-17(15,23-13(16)22)12(21)20-14-19-10-5-4-9(18)8-11(10)24-14/h4-5,8H,6-7H2,1-3H3,(H,19,20,21)/t16-,17-/m0/s1. The normalized spacial score (nSPS) is 30.6.